The Morgan fingerprint density at radius 3 is 2.76 bits per heavy atom. The molecule has 3 nitrogen and oxygen atoms in total. The van der Waals surface area contributed by atoms with E-state index in [0.29, 0.717) is 6.54 Å². The van der Waals surface area contributed by atoms with E-state index < -0.39 is 0 Å². The van der Waals surface area contributed by atoms with Crippen LogP contribution < -0.4 is 5.73 Å². The lowest BCUT2D eigenvalue weighted by Crippen LogP contribution is -2.36. The molecule has 0 saturated carbocycles. The molecule has 3 heteroatoms. The van der Waals surface area contributed by atoms with Crippen molar-refractivity contribution in [2.24, 2.45) is 5.73 Å². The van der Waals surface area contributed by atoms with Gasteiger partial charge in [0, 0.05) is 13.1 Å². The Hall–Kier alpha value is -1.61. The van der Waals surface area contributed by atoms with Crippen molar-refractivity contribution < 1.29 is 4.79 Å². The summed E-state index contributed by atoms with van der Waals surface area (Å²) in [4.78, 5) is 12.9. The fraction of sp³-hybridized carbons (Fsp3) is 0.357. The molecular formula is C14H18N2O. The van der Waals surface area contributed by atoms with Crippen LogP contribution in [0.2, 0.25) is 0 Å². The summed E-state index contributed by atoms with van der Waals surface area (Å²) in [6.07, 6.45) is 3.19. The van der Waals surface area contributed by atoms with E-state index in [1.54, 1.807) is 0 Å². The van der Waals surface area contributed by atoms with Crippen LogP contribution in [0.25, 0.3) is 5.57 Å². The van der Waals surface area contributed by atoms with Crippen molar-refractivity contribution in [3.63, 3.8) is 0 Å². The fourth-order valence-electron chi connectivity index (χ4n) is 2.25. The molecular weight excluding hydrogens is 212 g/mol. The van der Waals surface area contributed by atoms with Crippen molar-refractivity contribution in [2.75, 3.05) is 19.6 Å². The van der Waals surface area contributed by atoms with Gasteiger partial charge in [0.2, 0.25) is 5.91 Å². The predicted octanol–water partition coefficient (Wildman–Crippen LogP) is 1.57. The summed E-state index contributed by atoms with van der Waals surface area (Å²) in [5.41, 5.74) is 9.20. The summed E-state index contributed by atoms with van der Waals surface area (Å²) in [5, 5.41) is 0. The molecule has 2 N–H and O–H groups in total. The maximum absolute atomic E-state index is 10.8. The van der Waals surface area contributed by atoms with Crippen LogP contribution in [0.5, 0.6) is 0 Å². The summed E-state index contributed by atoms with van der Waals surface area (Å²) >= 11 is 0. The van der Waals surface area contributed by atoms with Gasteiger partial charge in [0.1, 0.15) is 0 Å². The smallest absolute Gasteiger partial charge is 0.231 e. The van der Waals surface area contributed by atoms with Crippen molar-refractivity contribution >= 4 is 11.5 Å². The molecule has 1 aromatic carbocycles. The van der Waals surface area contributed by atoms with E-state index in [-0.39, 0.29) is 5.91 Å². The molecule has 0 saturated heterocycles. The lowest BCUT2D eigenvalue weighted by Gasteiger charge is -2.25. The molecule has 0 bridgehead atoms. The highest BCUT2D eigenvalue weighted by Crippen LogP contribution is 2.24. The number of benzene rings is 1. The molecule has 0 fully saturated rings. The minimum Gasteiger partial charge on any atom is -0.369 e. The van der Waals surface area contributed by atoms with E-state index in [1.165, 1.54) is 16.7 Å². The van der Waals surface area contributed by atoms with Crippen LogP contribution in [0.3, 0.4) is 0 Å². The van der Waals surface area contributed by atoms with Crippen LogP contribution in [0.4, 0.5) is 0 Å². The summed E-state index contributed by atoms with van der Waals surface area (Å²) in [6.45, 7) is 4.21. The zero-order valence-corrected chi connectivity index (χ0v) is 10.1. The van der Waals surface area contributed by atoms with E-state index >= 15 is 0 Å². The quantitative estimate of drug-likeness (QED) is 0.856. The van der Waals surface area contributed by atoms with Crippen LogP contribution in [-0.2, 0) is 4.79 Å². The Morgan fingerprint density at radius 1 is 1.41 bits per heavy atom. The fourth-order valence-corrected chi connectivity index (χ4v) is 2.25. The second-order valence-electron chi connectivity index (χ2n) is 4.50. The van der Waals surface area contributed by atoms with Crippen LogP contribution in [0.15, 0.2) is 30.3 Å². The normalized spacial score (nSPS) is 16.6. The molecule has 1 amide bonds. The van der Waals surface area contributed by atoms with Crippen molar-refractivity contribution in [1.82, 2.24) is 4.90 Å². The third-order valence-corrected chi connectivity index (χ3v) is 3.16. The highest BCUT2D eigenvalue weighted by Gasteiger charge is 2.14. The first-order valence-corrected chi connectivity index (χ1v) is 5.92. The maximum Gasteiger partial charge on any atom is 0.231 e. The van der Waals surface area contributed by atoms with E-state index in [9.17, 15) is 4.79 Å². The van der Waals surface area contributed by atoms with Gasteiger partial charge >= 0.3 is 0 Å². The lowest BCUT2D eigenvalue weighted by molar-refractivity contribution is -0.119. The molecule has 0 aromatic heterocycles. The van der Waals surface area contributed by atoms with Crippen LogP contribution in [-0.4, -0.2) is 30.4 Å². The average Bonchev–Trinajstić information content (AvgIpc) is 2.30. The van der Waals surface area contributed by atoms with Gasteiger partial charge in [0.15, 0.2) is 0 Å². The molecule has 17 heavy (non-hydrogen) atoms. The van der Waals surface area contributed by atoms with E-state index in [1.807, 2.05) is 0 Å². The van der Waals surface area contributed by atoms with E-state index in [4.69, 9.17) is 5.73 Å². The number of primary amides is 1. The molecule has 0 unspecified atom stereocenters. The number of nitrogens with zero attached hydrogens (tertiary/aromatic N) is 1. The number of nitrogens with two attached hydrogens (primary N) is 1. The minimum absolute atomic E-state index is 0.252. The number of rotatable bonds is 3. The van der Waals surface area contributed by atoms with Gasteiger partial charge in [-0.25, -0.2) is 0 Å². The molecule has 1 aliphatic heterocycles. The SMILES string of the molecule is Cc1ccccc1C1=CCN(CC(N)=O)CC1. The first-order valence-electron chi connectivity index (χ1n) is 5.92. The Balaban J connectivity index is 2.09. The first kappa shape index (κ1) is 11.9. The van der Waals surface area contributed by atoms with Crippen molar-refractivity contribution in [3.8, 4) is 0 Å². The molecule has 0 atom stereocenters. The van der Waals surface area contributed by atoms with Gasteiger partial charge in [-0.15, -0.1) is 0 Å². The Labute approximate surface area is 102 Å². The Kier molecular flexibility index (Phi) is 3.59. The van der Waals surface area contributed by atoms with Gasteiger partial charge in [0.25, 0.3) is 0 Å². The average molecular weight is 230 g/mol. The third kappa shape index (κ3) is 2.94. The highest BCUT2D eigenvalue weighted by atomic mass is 16.1. The molecule has 0 radical (unpaired) electrons. The van der Waals surface area contributed by atoms with Crippen molar-refractivity contribution in [3.05, 3.63) is 41.5 Å². The van der Waals surface area contributed by atoms with Crippen molar-refractivity contribution in [2.45, 2.75) is 13.3 Å². The topological polar surface area (TPSA) is 46.3 Å². The maximum atomic E-state index is 10.8. The zero-order chi connectivity index (χ0) is 12.3. The largest absolute Gasteiger partial charge is 0.369 e. The van der Waals surface area contributed by atoms with Gasteiger partial charge in [-0.1, -0.05) is 30.3 Å². The number of aryl methyl sites for hydroxylation is 1. The van der Waals surface area contributed by atoms with Gasteiger partial charge in [-0.2, -0.15) is 0 Å². The second kappa shape index (κ2) is 5.15. The summed E-state index contributed by atoms with van der Waals surface area (Å²) in [6, 6.07) is 8.41. The monoisotopic (exact) mass is 230 g/mol. The minimum atomic E-state index is -0.252. The molecule has 0 spiro atoms. The van der Waals surface area contributed by atoms with Gasteiger partial charge in [-0.3, -0.25) is 9.69 Å². The Bertz CT molecular complexity index is 451. The number of hydrogen-bond acceptors (Lipinski definition) is 2. The number of carbonyl (C=O) groups excluding carboxylic acids is 1. The predicted molar refractivity (Wildman–Crippen MR) is 69.4 cm³/mol. The van der Waals surface area contributed by atoms with E-state index in [0.717, 1.165) is 19.5 Å². The molecule has 1 heterocycles. The second-order valence-corrected chi connectivity index (χ2v) is 4.50. The Morgan fingerprint density at radius 2 is 2.18 bits per heavy atom. The number of amides is 1. The summed E-state index contributed by atoms with van der Waals surface area (Å²) in [5.74, 6) is -0.252. The lowest BCUT2D eigenvalue weighted by atomic mass is 9.96. The molecule has 90 valence electrons. The summed E-state index contributed by atoms with van der Waals surface area (Å²) < 4.78 is 0. The van der Waals surface area contributed by atoms with Crippen LogP contribution in [0.1, 0.15) is 17.5 Å². The van der Waals surface area contributed by atoms with Gasteiger partial charge in [0.05, 0.1) is 6.54 Å². The first-order chi connectivity index (χ1) is 8.16. The molecule has 0 aliphatic carbocycles. The zero-order valence-electron chi connectivity index (χ0n) is 10.1. The molecule has 1 aromatic rings. The van der Waals surface area contributed by atoms with Crippen LogP contribution >= 0.6 is 0 Å². The standard InChI is InChI=1S/C14H18N2O/c1-11-4-2-3-5-13(11)12-6-8-16(9-7-12)10-14(15)17/h2-6H,7-10H2,1H3,(H2,15,17). The molecule has 2 rings (SSSR count). The number of carbonyl (C=O) groups is 1. The van der Waals surface area contributed by atoms with Crippen LogP contribution in [0, 0.1) is 6.92 Å². The third-order valence-electron chi connectivity index (χ3n) is 3.16. The van der Waals surface area contributed by atoms with E-state index in [2.05, 4.69) is 42.2 Å². The van der Waals surface area contributed by atoms with Gasteiger partial charge in [-0.05, 0) is 30.0 Å². The number of hydrogen-bond donors (Lipinski definition) is 1. The van der Waals surface area contributed by atoms with Crippen molar-refractivity contribution in [1.29, 1.82) is 0 Å². The highest BCUT2D eigenvalue weighted by molar-refractivity contribution is 5.76. The molecule has 1 aliphatic rings. The van der Waals surface area contributed by atoms with Gasteiger partial charge < -0.3 is 5.73 Å². The summed E-state index contributed by atoms with van der Waals surface area (Å²) in [7, 11) is 0.